The Bertz CT molecular complexity index is 974. The molecule has 1 aliphatic rings. The summed E-state index contributed by atoms with van der Waals surface area (Å²) in [6.45, 7) is 1.44. The minimum absolute atomic E-state index is 0.0143. The zero-order valence-electron chi connectivity index (χ0n) is 15.2. The molecule has 3 aromatic rings. The Kier molecular flexibility index (Phi) is 4.71. The van der Waals surface area contributed by atoms with Crippen LogP contribution in [-0.2, 0) is 11.2 Å². The average Bonchev–Trinajstić information content (AvgIpc) is 2.84. The normalized spacial score (nSPS) is 14.1. The van der Waals surface area contributed by atoms with Crippen LogP contribution in [0.2, 0.25) is 0 Å². The van der Waals surface area contributed by atoms with Gasteiger partial charge in [-0.05, 0) is 42.7 Å². The monoisotopic (exact) mass is 364 g/mol. The summed E-state index contributed by atoms with van der Waals surface area (Å²) in [7, 11) is 1.98. The molecule has 0 atom stereocenters. The second-order valence-corrected chi connectivity index (χ2v) is 6.81. The maximum absolute atomic E-state index is 13.1. The smallest absolute Gasteiger partial charge is 0.228 e. The molecule has 138 valence electrons. The molecule has 27 heavy (non-hydrogen) atoms. The molecule has 0 N–H and O–H groups in total. The van der Waals surface area contributed by atoms with E-state index in [1.165, 1.54) is 12.1 Å². The van der Waals surface area contributed by atoms with Crippen LogP contribution < -0.4 is 9.80 Å². The number of para-hydroxylation sites is 2. The number of carbonyl (C=O) groups excluding carboxylic acids is 1. The van der Waals surface area contributed by atoms with Gasteiger partial charge in [0.2, 0.25) is 5.91 Å². The van der Waals surface area contributed by atoms with Gasteiger partial charge in [-0.2, -0.15) is 0 Å². The van der Waals surface area contributed by atoms with Gasteiger partial charge in [0.15, 0.2) is 11.6 Å². The van der Waals surface area contributed by atoms with Crippen molar-refractivity contribution in [3.63, 3.8) is 0 Å². The number of halogens is 1. The van der Waals surface area contributed by atoms with Crippen LogP contribution in [0, 0.1) is 5.82 Å². The summed E-state index contributed by atoms with van der Waals surface area (Å²) in [5.41, 5.74) is 2.55. The Morgan fingerprint density at radius 1 is 1.00 bits per heavy atom. The number of fused-ring (bicyclic) bond motifs is 2. The van der Waals surface area contributed by atoms with Crippen molar-refractivity contribution in [3.05, 3.63) is 59.9 Å². The molecular weight excluding hydrogens is 343 g/mol. The lowest BCUT2D eigenvalue weighted by molar-refractivity contribution is -0.118. The van der Waals surface area contributed by atoms with Crippen molar-refractivity contribution in [1.82, 2.24) is 9.97 Å². The number of aromatic nitrogens is 2. The van der Waals surface area contributed by atoms with Gasteiger partial charge in [0.25, 0.3) is 0 Å². The quantitative estimate of drug-likeness (QED) is 0.713. The van der Waals surface area contributed by atoms with Crippen molar-refractivity contribution in [1.29, 1.82) is 0 Å². The first-order valence-corrected chi connectivity index (χ1v) is 9.14. The summed E-state index contributed by atoms with van der Waals surface area (Å²) in [6, 6.07) is 14.0. The van der Waals surface area contributed by atoms with E-state index in [9.17, 15) is 9.18 Å². The van der Waals surface area contributed by atoms with E-state index in [-0.39, 0.29) is 11.7 Å². The lowest BCUT2D eigenvalue weighted by Crippen LogP contribution is -2.32. The summed E-state index contributed by atoms with van der Waals surface area (Å²) in [6.07, 6.45) is 1.78. The first-order chi connectivity index (χ1) is 13.1. The Labute approximate surface area is 157 Å². The second kappa shape index (κ2) is 7.31. The Morgan fingerprint density at radius 3 is 2.37 bits per heavy atom. The van der Waals surface area contributed by atoms with Crippen LogP contribution in [0.1, 0.15) is 18.4 Å². The zero-order chi connectivity index (χ0) is 18.8. The van der Waals surface area contributed by atoms with Crippen LogP contribution >= 0.6 is 0 Å². The van der Waals surface area contributed by atoms with Crippen molar-refractivity contribution < 1.29 is 9.18 Å². The van der Waals surface area contributed by atoms with Gasteiger partial charge < -0.3 is 4.90 Å². The lowest BCUT2D eigenvalue weighted by atomic mass is 10.1. The molecular formula is C21H21FN4O. The number of hydrogen-bond acceptors (Lipinski definition) is 4. The summed E-state index contributed by atoms with van der Waals surface area (Å²) in [5, 5.41) is 0. The number of aryl methyl sites for hydroxylation is 1. The van der Waals surface area contributed by atoms with E-state index in [1.54, 1.807) is 17.0 Å². The molecule has 2 aromatic carbocycles. The average molecular weight is 364 g/mol. The molecule has 0 spiro atoms. The number of carbonyl (C=O) groups is 1. The minimum atomic E-state index is -0.267. The van der Waals surface area contributed by atoms with Crippen molar-refractivity contribution in [2.75, 3.05) is 29.9 Å². The fourth-order valence-corrected chi connectivity index (χ4v) is 3.38. The number of benzene rings is 2. The molecule has 1 aliphatic heterocycles. The number of rotatable bonds is 3. The van der Waals surface area contributed by atoms with Crippen LogP contribution in [0.4, 0.5) is 16.0 Å². The molecule has 0 saturated carbocycles. The molecule has 0 aliphatic carbocycles. The van der Waals surface area contributed by atoms with Crippen molar-refractivity contribution in [2.45, 2.75) is 19.3 Å². The molecule has 0 fully saturated rings. The molecule has 1 amide bonds. The van der Waals surface area contributed by atoms with E-state index in [2.05, 4.69) is 4.90 Å². The summed E-state index contributed by atoms with van der Waals surface area (Å²) >= 11 is 0. The molecule has 0 bridgehead atoms. The Morgan fingerprint density at radius 2 is 1.67 bits per heavy atom. The van der Waals surface area contributed by atoms with Crippen molar-refractivity contribution >= 4 is 28.6 Å². The van der Waals surface area contributed by atoms with E-state index in [0.29, 0.717) is 25.2 Å². The van der Waals surface area contributed by atoms with Crippen LogP contribution in [0.5, 0.6) is 0 Å². The van der Waals surface area contributed by atoms with Crippen LogP contribution in [-0.4, -0.2) is 36.0 Å². The van der Waals surface area contributed by atoms with Gasteiger partial charge in [0.1, 0.15) is 5.82 Å². The largest absolute Gasteiger partial charge is 0.357 e. The van der Waals surface area contributed by atoms with Gasteiger partial charge in [-0.1, -0.05) is 24.3 Å². The van der Waals surface area contributed by atoms with E-state index in [0.717, 1.165) is 35.4 Å². The first-order valence-electron chi connectivity index (χ1n) is 9.14. The van der Waals surface area contributed by atoms with E-state index in [1.807, 2.05) is 31.3 Å². The van der Waals surface area contributed by atoms with Gasteiger partial charge in [-0.25, -0.2) is 14.4 Å². The fourth-order valence-electron chi connectivity index (χ4n) is 3.38. The maximum Gasteiger partial charge on any atom is 0.228 e. The highest BCUT2D eigenvalue weighted by atomic mass is 19.1. The molecule has 6 heteroatoms. The summed E-state index contributed by atoms with van der Waals surface area (Å²) in [4.78, 5) is 26.3. The third-order valence-corrected chi connectivity index (χ3v) is 4.87. The predicted octanol–water partition coefficient (Wildman–Crippen LogP) is 3.57. The number of hydrogen-bond donors (Lipinski definition) is 0. The second-order valence-electron chi connectivity index (χ2n) is 6.81. The lowest BCUT2D eigenvalue weighted by Gasteiger charge is -2.23. The first kappa shape index (κ1) is 17.4. The molecule has 5 nitrogen and oxygen atoms in total. The SMILES string of the molecule is CN1CCCN(C(=O)CCc2ccc(F)cc2)c2nc3ccccc3nc21. The highest BCUT2D eigenvalue weighted by Crippen LogP contribution is 2.30. The molecule has 2 heterocycles. The van der Waals surface area contributed by atoms with Gasteiger partial charge in [-0.3, -0.25) is 9.69 Å². The maximum atomic E-state index is 13.1. The third kappa shape index (κ3) is 3.60. The van der Waals surface area contributed by atoms with Gasteiger partial charge in [-0.15, -0.1) is 0 Å². The van der Waals surface area contributed by atoms with E-state index >= 15 is 0 Å². The number of nitrogens with zero attached hydrogens (tertiary/aromatic N) is 4. The third-order valence-electron chi connectivity index (χ3n) is 4.87. The summed E-state index contributed by atoms with van der Waals surface area (Å²) in [5.74, 6) is 1.11. The zero-order valence-corrected chi connectivity index (χ0v) is 15.2. The Balaban J connectivity index is 1.62. The highest BCUT2D eigenvalue weighted by Gasteiger charge is 2.26. The molecule has 0 saturated heterocycles. The molecule has 4 rings (SSSR count). The van der Waals surface area contributed by atoms with Crippen molar-refractivity contribution in [2.24, 2.45) is 0 Å². The van der Waals surface area contributed by atoms with Gasteiger partial charge in [0.05, 0.1) is 11.0 Å². The van der Waals surface area contributed by atoms with Gasteiger partial charge >= 0.3 is 0 Å². The standard InChI is InChI=1S/C21H21FN4O/c1-25-13-4-14-26(19(27)12-9-15-7-10-16(22)11-8-15)21-20(25)23-17-5-2-3-6-18(17)24-21/h2-3,5-8,10-11H,4,9,12-14H2,1H3. The van der Waals surface area contributed by atoms with Crippen molar-refractivity contribution in [3.8, 4) is 0 Å². The molecule has 0 unspecified atom stereocenters. The molecule has 0 radical (unpaired) electrons. The number of amides is 1. The number of anilines is 2. The van der Waals surface area contributed by atoms with Crippen LogP contribution in [0.3, 0.4) is 0 Å². The summed E-state index contributed by atoms with van der Waals surface area (Å²) < 4.78 is 13.1. The van der Waals surface area contributed by atoms with Crippen LogP contribution in [0.15, 0.2) is 48.5 Å². The topological polar surface area (TPSA) is 49.3 Å². The Hall–Kier alpha value is -3.02. The minimum Gasteiger partial charge on any atom is -0.357 e. The van der Waals surface area contributed by atoms with E-state index in [4.69, 9.17) is 9.97 Å². The molecule has 1 aromatic heterocycles. The highest BCUT2D eigenvalue weighted by molar-refractivity contribution is 5.96. The fraction of sp³-hybridized carbons (Fsp3) is 0.286. The van der Waals surface area contributed by atoms with Gasteiger partial charge in [0, 0.05) is 26.6 Å². The van der Waals surface area contributed by atoms with E-state index < -0.39 is 0 Å². The predicted molar refractivity (Wildman–Crippen MR) is 104 cm³/mol. The van der Waals surface area contributed by atoms with Crippen LogP contribution in [0.25, 0.3) is 11.0 Å².